The number of ketones is 1. The molecule has 31 heavy (non-hydrogen) atoms. The van der Waals surface area contributed by atoms with Gasteiger partial charge in [-0.3, -0.25) is 19.4 Å². The van der Waals surface area contributed by atoms with E-state index in [2.05, 4.69) is 4.72 Å². The number of carbonyl (C=O) groups excluding carboxylic acids is 3. The van der Waals surface area contributed by atoms with E-state index in [0.29, 0.717) is 22.7 Å². The van der Waals surface area contributed by atoms with Crippen LogP contribution in [-0.4, -0.2) is 56.4 Å². The van der Waals surface area contributed by atoms with Gasteiger partial charge in [-0.05, 0) is 43.2 Å². The van der Waals surface area contributed by atoms with Crippen molar-refractivity contribution in [3.05, 3.63) is 64.7 Å². The number of nitrogens with zero attached hydrogens (tertiary/aromatic N) is 2. The maximum Gasteiger partial charge on any atom is 0.332 e. The lowest BCUT2D eigenvalue weighted by Gasteiger charge is -2.19. The number of anilines is 1. The lowest BCUT2D eigenvalue weighted by Crippen LogP contribution is -2.37. The maximum atomic E-state index is 12.8. The molecule has 0 aliphatic carbocycles. The molecule has 1 aliphatic rings. The second kappa shape index (κ2) is 9.17. The van der Waals surface area contributed by atoms with Gasteiger partial charge in [0.25, 0.3) is 5.91 Å². The van der Waals surface area contributed by atoms with Crippen LogP contribution in [-0.2, 0) is 21.2 Å². The molecule has 1 N–H and O–H groups in total. The zero-order valence-electron chi connectivity index (χ0n) is 17.0. The van der Waals surface area contributed by atoms with E-state index >= 15 is 0 Å². The Kier molecular flexibility index (Phi) is 6.78. The van der Waals surface area contributed by atoms with Crippen molar-refractivity contribution in [3.63, 3.8) is 0 Å². The molecule has 1 saturated heterocycles. The van der Waals surface area contributed by atoms with Crippen LogP contribution in [0.5, 0.6) is 0 Å². The molecule has 1 heterocycles. The van der Waals surface area contributed by atoms with Crippen molar-refractivity contribution in [1.29, 1.82) is 0 Å². The van der Waals surface area contributed by atoms with Gasteiger partial charge in [0.05, 0.1) is 12.8 Å². The second-order valence-electron chi connectivity index (χ2n) is 7.27. The lowest BCUT2D eigenvalue weighted by molar-refractivity contribution is -0.126. The molecule has 164 valence electrons. The highest BCUT2D eigenvalue weighted by Crippen LogP contribution is 2.27. The first-order valence-corrected chi connectivity index (χ1v) is 11.8. The average Bonchev–Trinajstić information content (AvgIpc) is 2.91. The number of imide groups is 1. The lowest BCUT2D eigenvalue weighted by atomic mass is 10.1. The summed E-state index contributed by atoms with van der Waals surface area (Å²) >= 11 is 5.89. The summed E-state index contributed by atoms with van der Waals surface area (Å²) in [6.45, 7) is 1.50. The van der Waals surface area contributed by atoms with Crippen LogP contribution in [0.15, 0.2) is 48.5 Å². The first kappa shape index (κ1) is 22.9. The number of Topliss-reactive ketones (excluding diaryl/α,β-unsaturated/α-hetero) is 1. The minimum absolute atomic E-state index is 0.251. The summed E-state index contributed by atoms with van der Waals surface area (Å²) in [5.41, 5.74) is 1.74. The Hall–Kier alpha value is -2.75. The fourth-order valence-corrected chi connectivity index (χ4v) is 3.88. The summed E-state index contributed by atoms with van der Waals surface area (Å²) in [6, 6.07) is 11.9. The maximum absolute atomic E-state index is 12.8. The molecule has 1 unspecified atom stereocenters. The van der Waals surface area contributed by atoms with Crippen LogP contribution in [0, 0.1) is 0 Å². The molecule has 3 rings (SSSR count). The van der Waals surface area contributed by atoms with Gasteiger partial charge in [0, 0.05) is 22.8 Å². The standard InChI is InChI=1S/C21H22ClN3O5S/c1-14-20(27)24(21(28)25(14)18-9-7-17(22)8-10-18)13-19(26)16-5-3-15(4-6-16)11-12-23-31(2,29)30/h3-10,14,23H,11-13H2,1-2H3. The van der Waals surface area contributed by atoms with E-state index in [4.69, 9.17) is 11.6 Å². The molecule has 10 heteroatoms. The Morgan fingerprint density at radius 1 is 1.06 bits per heavy atom. The van der Waals surface area contributed by atoms with E-state index in [1.165, 1.54) is 4.90 Å². The molecule has 1 fully saturated rings. The predicted molar refractivity (Wildman–Crippen MR) is 118 cm³/mol. The molecule has 0 saturated carbocycles. The molecule has 1 atom stereocenters. The third kappa shape index (κ3) is 5.49. The number of rotatable bonds is 8. The van der Waals surface area contributed by atoms with Gasteiger partial charge < -0.3 is 0 Å². The van der Waals surface area contributed by atoms with Crippen molar-refractivity contribution in [2.24, 2.45) is 0 Å². The van der Waals surface area contributed by atoms with Crippen molar-refractivity contribution in [3.8, 4) is 0 Å². The number of nitrogens with one attached hydrogen (secondary N) is 1. The summed E-state index contributed by atoms with van der Waals surface area (Å²) in [6.07, 6.45) is 1.56. The Morgan fingerprint density at radius 3 is 2.26 bits per heavy atom. The Balaban J connectivity index is 1.66. The number of sulfonamides is 1. The van der Waals surface area contributed by atoms with Crippen LogP contribution in [0.4, 0.5) is 10.5 Å². The van der Waals surface area contributed by atoms with Gasteiger partial charge in [0.2, 0.25) is 10.0 Å². The molecule has 3 amide bonds. The van der Waals surface area contributed by atoms with Crippen LogP contribution >= 0.6 is 11.6 Å². The SMILES string of the molecule is CC1C(=O)N(CC(=O)c2ccc(CCNS(C)(=O)=O)cc2)C(=O)N1c1ccc(Cl)cc1. The van der Waals surface area contributed by atoms with Gasteiger partial charge in [0.15, 0.2) is 5.78 Å². The molecular formula is C21H22ClN3O5S. The summed E-state index contributed by atoms with van der Waals surface area (Å²) in [5, 5.41) is 0.511. The number of benzene rings is 2. The fourth-order valence-electron chi connectivity index (χ4n) is 3.28. The predicted octanol–water partition coefficient (Wildman–Crippen LogP) is 2.47. The summed E-state index contributed by atoms with van der Waals surface area (Å²) in [4.78, 5) is 40.4. The molecule has 0 spiro atoms. The van der Waals surface area contributed by atoms with Crippen molar-refractivity contribution >= 4 is 45.0 Å². The monoisotopic (exact) mass is 463 g/mol. The van der Waals surface area contributed by atoms with E-state index in [-0.39, 0.29) is 18.9 Å². The van der Waals surface area contributed by atoms with Crippen LogP contribution in [0.25, 0.3) is 0 Å². The number of hydrogen-bond acceptors (Lipinski definition) is 5. The topological polar surface area (TPSA) is 104 Å². The van der Waals surface area contributed by atoms with Crippen LogP contribution < -0.4 is 9.62 Å². The summed E-state index contributed by atoms with van der Waals surface area (Å²) in [5.74, 6) is -0.815. The number of amides is 3. The molecule has 0 radical (unpaired) electrons. The largest absolute Gasteiger partial charge is 0.332 e. The van der Waals surface area contributed by atoms with Gasteiger partial charge in [-0.1, -0.05) is 35.9 Å². The summed E-state index contributed by atoms with van der Waals surface area (Å²) < 4.78 is 24.6. The minimum atomic E-state index is -3.26. The number of urea groups is 1. The number of carbonyl (C=O) groups is 3. The van der Waals surface area contributed by atoms with Gasteiger partial charge in [-0.25, -0.2) is 17.9 Å². The normalized spacial score (nSPS) is 16.8. The third-order valence-corrected chi connectivity index (χ3v) is 5.89. The second-order valence-corrected chi connectivity index (χ2v) is 9.54. The highest BCUT2D eigenvalue weighted by Gasteiger charge is 2.44. The zero-order chi connectivity index (χ0) is 22.8. The first-order chi connectivity index (χ1) is 14.6. The Labute approximate surface area is 185 Å². The molecule has 2 aromatic carbocycles. The van der Waals surface area contributed by atoms with Crippen molar-refractivity contribution < 1.29 is 22.8 Å². The van der Waals surface area contributed by atoms with Gasteiger partial charge in [0.1, 0.15) is 6.04 Å². The third-order valence-electron chi connectivity index (χ3n) is 4.91. The highest BCUT2D eigenvalue weighted by atomic mass is 35.5. The van der Waals surface area contributed by atoms with E-state index in [0.717, 1.165) is 16.7 Å². The van der Waals surface area contributed by atoms with E-state index in [1.807, 2.05) is 0 Å². The Morgan fingerprint density at radius 2 is 1.68 bits per heavy atom. The average molecular weight is 464 g/mol. The van der Waals surface area contributed by atoms with Crippen molar-refractivity contribution in [2.75, 3.05) is 24.2 Å². The number of hydrogen-bond donors (Lipinski definition) is 1. The molecular weight excluding hydrogens is 442 g/mol. The summed E-state index contributed by atoms with van der Waals surface area (Å²) in [7, 11) is -3.26. The van der Waals surface area contributed by atoms with Gasteiger partial charge in [-0.2, -0.15) is 0 Å². The van der Waals surface area contributed by atoms with Gasteiger partial charge in [-0.15, -0.1) is 0 Å². The smallest absolute Gasteiger partial charge is 0.292 e. The number of halogens is 1. The van der Waals surface area contributed by atoms with Crippen molar-refractivity contribution in [1.82, 2.24) is 9.62 Å². The quantitative estimate of drug-likeness (QED) is 0.478. The van der Waals surface area contributed by atoms with Crippen LogP contribution in [0.2, 0.25) is 5.02 Å². The molecule has 2 aromatic rings. The van der Waals surface area contributed by atoms with Gasteiger partial charge >= 0.3 is 6.03 Å². The molecule has 8 nitrogen and oxygen atoms in total. The van der Waals surface area contributed by atoms with Crippen molar-refractivity contribution in [2.45, 2.75) is 19.4 Å². The minimum Gasteiger partial charge on any atom is -0.292 e. The molecule has 1 aliphatic heterocycles. The molecule has 0 aromatic heterocycles. The van der Waals surface area contributed by atoms with E-state index in [1.54, 1.807) is 55.5 Å². The fraction of sp³-hybridized carbons (Fsp3) is 0.286. The first-order valence-electron chi connectivity index (χ1n) is 9.54. The van der Waals surface area contributed by atoms with E-state index < -0.39 is 28.0 Å². The zero-order valence-corrected chi connectivity index (χ0v) is 18.6. The van der Waals surface area contributed by atoms with Crippen LogP contribution in [0.1, 0.15) is 22.8 Å². The highest BCUT2D eigenvalue weighted by molar-refractivity contribution is 7.88. The van der Waals surface area contributed by atoms with Crippen LogP contribution in [0.3, 0.4) is 0 Å². The molecule has 0 bridgehead atoms. The van der Waals surface area contributed by atoms with E-state index in [9.17, 15) is 22.8 Å². The Bertz CT molecular complexity index is 1100.